The molecule has 1 fully saturated rings. The average Bonchev–Trinajstić information content (AvgIpc) is 1.80. The van der Waals surface area contributed by atoms with Gasteiger partial charge in [-0.25, -0.2) is 0 Å². The maximum Gasteiger partial charge on any atom is 0.293 e. The Morgan fingerprint density at radius 1 is 0.664 bits per heavy atom. The number of carbonyl (C=O) groups is 9. The normalized spacial score (nSPS) is 14.9. The van der Waals surface area contributed by atoms with Gasteiger partial charge in [0.05, 0.1) is 67.2 Å². The summed E-state index contributed by atoms with van der Waals surface area (Å²) in [5.74, 6) is 4.13. The van der Waals surface area contributed by atoms with Crippen LogP contribution in [0.1, 0.15) is 91.3 Å². The second-order valence-electron chi connectivity index (χ2n) is 23.5. The number of allylic oxidation sites excluding steroid dienone is 2. The van der Waals surface area contributed by atoms with E-state index < -0.39 is 4.92 Å². The van der Waals surface area contributed by atoms with Crippen molar-refractivity contribution in [1.29, 1.82) is 0 Å². The molecular formula is C79H65BrCl3N11O15S4. The van der Waals surface area contributed by atoms with Crippen LogP contribution in [-0.4, -0.2) is 147 Å². The number of thiophene rings is 1. The number of halogens is 4. The smallest absolute Gasteiger partial charge is 0.293 e. The zero-order valence-electron chi connectivity index (χ0n) is 59.5. The number of anilines is 1. The number of piperidine rings is 1. The van der Waals surface area contributed by atoms with E-state index in [1.54, 1.807) is 84.9 Å². The van der Waals surface area contributed by atoms with E-state index in [-0.39, 0.29) is 35.1 Å². The fraction of sp³-hybridized carbons (Fsp3) is 0.152. The molecule has 0 bridgehead atoms. The summed E-state index contributed by atoms with van der Waals surface area (Å²) in [5, 5.41) is 36.8. The number of aromatic hydroxyl groups is 1. The van der Waals surface area contributed by atoms with Gasteiger partial charge in [0.1, 0.15) is 112 Å². The van der Waals surface area contributed by atoms with E-state index in [1.807, 2.05) is 114 Å². The number of aldehydes is 9. The number of methoxy groups -OCH3 is 1. The highest BCUT2D eigenvalue weighted by atomic mass is 79.9. The average molecular weight is 1720 g/mol. The molecule has 5 aliphatic rings. The molecule has 0 saturated carbocycles. The SMILES string of the molecule is CN1N=NC2C=C(C=O)C=CC21.COc1ccccc1C1CCN(c2ccc(C=O)cc2[N+](=O)[O-])CC1.O=CC1=Cc2ccccc2OC1.O=CC1CSN=N1.O=Cc1c(Cl)cccc1Cl.O=Cc1cc(Cl)cc(Br)c1O.O=Cc1ccc2nsnc2c1.O=Cc1cccc2nsnc12.O=Cc1sccc1Oc1ccccc1. The molecular weight excluding hydrogens is 1660 g/mol. The minimum atomic E-state index is -0.422. The molecule has 26 nitrogen and oxygen atoms in total. The van der Waals surface area contributed by atoms with Crippen molar-refractivity contribution in [3.8, 4) is 28.7 Å². The van der Waals surface area contributed by atoms with E-state index in [9.17, 15) is 58.4 Å². The number of nitro benzene ring substituents is 1. The van der Waals surface area contributed by atoms with Crippen molar-refractivity contribution in [2.45, 2.75) is 36.9 Å². The Kier molecular flexibility index (Phi) is 35.2. The van der Waals surface area contributed by atoms with Crippen LogP contribution in [0, 0.1) is 10.1 Å². The maximum atomic E-state index is 11.3. The van der Waals surface area contributed by atoms with E-state index >= 15 is 0 Å². The molecule has 34 heteroatoms. The first kappa shape index (κ1) is 87.0. The van der Waals surface area contributed by atoms with Gasteiger partial charge in [-0.3, -0.25) is 53.5 Å². The van der Waals surface area contributed by atoms with Gasteiger partial charge in [-0.05, 0) is 167 Å². The van der Waals surface area contributed by atoms with Crippen molar-refractivity contribution in [3.63, 3.8) is 0 Å². The molecule has 0 radical (unpaired) electrons. The molecule has 7 heterocycles. The minimum absolute atomic E-state index is 0.0136. The minimum Gasteiger partial charge on any atom is -0.506 e. The monoisotopic (exact) mass is 1720 g/mol. The van der Waals surface area contributed by atoms with Crippen LogP contribution in [-0.2, 0) is 14.4 Å². The number of phenols is 1. The Labute approximate surface area is 686 Å². The van der Waals surface area contributed by atoms with Crippen molar-refractivity contribution in [3.05, 3.63) is 278 Å². The van der Waals surface area contributed by atoms with Crippen LogP contribution in [0.2, 0.25) is 15.1 Å². The first-order chi connectivity index (χ1) is 54.9. The molecule has 8 aromatic carbocycles. The Balaban J connectivity index is 0.000000163. The number of hydrogen-bond acceptors (Lipinski definition) is 29. The summed E-state index contributed by atoms with van der Waals surface area (Å²) in [7, 11) is 3.55. The van der Waals surface area contributed by atoms with Crippen LogP contribution in [0.4, 0.5) is 11.4 Å². The second kappa shape index (κ2) is 45.7. The Hall–Kier alpha value is -11.6. The predicted octanol–water partition coefficient (Wildman–Crippen LogP) is 18.6. The third-order valence-electron chi connectivity index (χ3n) is 16.2. The number of ether oxygens (including phenoxy) is 3. The molecule has 1 N–H and O–H groups in total. The first-order valence-electron chi connectivity index (χ1n) is 33.5. The molecule has 11 aromatic rings. The third kappa shape index (κ3) is 25.7. The molecule has 3 unspecified atom stereocenters. The largest absolute Gasteiger partial charge is 0.506 e. The van der Waals surface area contributed by atoms with Gasteiger partial charge >= 0.3 is 0 Å². The number of aromatic nitrogens is 4. The molecule has 113 heavy (non-hydrogen) atoms. The lowest BCUT2D eigenvalue weighted by Crippen LogP contribution is -2.33. The van der Waals surface area contributed by atoms with Gasteiger partial charge in [-0.15, -0.1) is 15.9 Å². The van der Waals surface area contributed by atoms with Gasteiger partial charge < -0.3 is 29.0 Å². The molecule has 4 aliphatic heterocycles. The lowest BCUT2D eigenvalue weighted by atomic mass is 9.88. The summed E-state index contributed by atoms with van der Waals surface area (Å²) < 4.78 is 36.3. The zero-order chi connectivity index (χ0) is 81.0. The fourth-order valence-corrected chi connectivity index (χ4v) is 14.1. The van der Waals surface area contributed by atoms with Crippen molar-refractivity contribution >= 4 is 194 Å². The number of rotatable bonds is 15. The van der Waals surface area contributed by atoms with Gasteiger partial charge in [-0.2, -0.15) is 27.7 Å². The second-order valence-corrected chi connectivity index (χ2v) is 28.4. The third-order valence-corrected chi connectivity index (χ3v) is 20.3. The number of fused-ring (bicyclic) bond motifs is 4. The highest BCUT2D eigenvalue weighted by Gasteiger charge is 2.30. The summed E-state index contributed by atoms with van der Waals surface area (Å²) in [6.07, 6.45) is 15.9. The van der Waals surface area contributed by atoms with Gasteiger partial charge in [0, 0.05) is 70.4 Å². The van der Waals surface area contributed by atoms with Crippen LogP contribution in [0.5, 0.6) is 28.7 Å². The number of nitrogens with zero attached hydrogens (tertiary/aromatic N) is 11. The predicted molar refractivity (Wildman–Crippen MR) is 442 cm³/mol. The van der Waals surface area contributed by atoms with Crippen molar-refractivity contribution in [2.24, 2.45) is 20.0 Å². The molecule has 1 aliphatic carbocycles. The molecule has 3 aromatic heterocycles. The van der Waals surface area contributed by atoms with Crippen molar-refractivity contribution in [1.82, 2.24) is 22.5 Å². The van der Waals surface area contributed by atoms with Crippen LogP contribution < -0.4 is 19.1 Å². The van der Waals surface area contributed by atoms with Gasteiger partial charge in [0.15, 0.2) is 25.1 Å². The van der Waals surface area contributed by atoms with Crippen LogP contribution in [0.3, 0.4) is 0 Å². The number of likely N-dealkylation sites (N-methyl/N-ethyl adjacent to an activating group) is 1. The number of phenolic OH excluding ortho intramolecular Hbond substituents is 1. The summed E-state index contributed by atoms with van der Waals surface area (Å²) >= 11 is 24.9. The maximum absolute atomic E-state index is 11.3. The lowest BCUT2D eigenvalue weighted by molar-refractivity contribution is -0.384. The van der Waals surface area contributed by atoms with Crippen LogP contribution in [0.15, 0.2) is 229 Å². The van der Waals surface area contributed by atoms with E-state index in [4.69, 9.17) is 49.0 Å². The van der Waals surface area contributed by atoms with E-state index in [1.165, 1.54) is 47.0 Å². The van der Waals surface area contributed by atoms with Gasteiger partial charge in [0.25, 0.3) is 5.69 Å². The quantitative estimate of drug-likeness (QED) is 0.0431. The molecule has 3 atom stereocenters. The zero-order valence-corrected chi connectivity index (χ0v) is 66.6. The summed E-state index contributed by atoms with van der Waals surface area (Å²) in [6, 6.07) is 50.1. The number of para-hydroxylation sites is 3. The Morgan fingerprint density at radius 3 is 2.00 bits per heavy atom. The topological polar surface area (TPSA) is 352 Å². The van der Waals surface area contributed by atoms with Crippen LogP contribution in [0.25, 0.3) is 28.1 Å². The number of carbonyl (C=O) groups excluding carboxylic acids is 9. The van der Waals surface area contributed by atoms with Crippen molar-refractivity contribution in [2.75, 3.05) is 44.5 Å². The Bertz CT molecular complexity index is 5270. The van der Waals surface area contributed by atoms with E-state index in [2.05, 4.69) is 59.5 Å². The van der Waals surface area contributed by atoms with E-state index in [0.717, 1.165) is 132 Å². The van der Waals surface area contributed by atoms with Gasteiger partial charge in [0.2, 0.25) is 0 Å². The Morgan fingerprint density at radius 2 is 1.35 bits per heavy atom. The molecule has 16 rings (SSSR count). The molecule has 0 amide bonds. The first-order valence-corrected chi connectivity index (χ1v) is 38.7. The fourth-order valence-electron chi connectivity index (χ4n) is 10.6. The van der Waals surface area contributed by atoms with Crippen molar-refractivity contribution < 1.29 is 67.4 Å². The summed E-state index contributed by atoms with van der Waals surface area (Å²) in [4.78, 5) is 107. The van der Waals surface area contributed by atoms with E-state index in [0.29, 0.717) is 106 Å². The molecule has 1 saturated heterocycles. The highest BCUT2D eigenvalue weighted by Crippen LogP contribution is 2.39. The highest BCUT2D eigenvalue weighted by molar-refractivity contribution is 9.10. The number of nitro groups is 1. The van der Waals surface area contributed by atoms with Crippen LogP contribution >= 0.6 is 97.5 Å². The lowest BCUT2D eigenvalue weighted by Gasteiger charge is -2.34. The number of benzene rings is 8. The summed E-state index contributed by atoms with van der Waals surface area (Å²) in [6.45, 7) is 1.84. The van der Waals surface area contributed by atoms with Gasteiger partial charge in [-0.1, -0.05) is 119 Å². The number of hydrogen-bond donors (Lipinski definition) is 1. The molecule has 0 spiro atoms. The summed E-state index contributed by atoms with van der Waals surface area (Å²) in [5.41, 5.74) is 9.35. The standard InChI is InChI=1S/C19H20N2O4.C11H8O2S.C10H8O2.C8H9N3O.C7H4BrClO2.C7H4Cl2O.2C7H4N2OS.C3H4N2OS/c1-25-19-5-3-2-4-16(19)15-8-10-20(11-9-15)17-7-6-14(13-22)12-18(17)21(23)24;12-8-11-10(6-7-14-11)13-9-4-2-1-3-5-9;11-6-8-5-9-3-1-2-4-10(9)12-7-8;1-11-8-3-2-6(5-12)4-7(8)9-10-11;8-6-2-5(9)1-4(3-10)7(6)11;8-6-2-1-3-7(9)5(6)4-10;10-4-5-1-2-6-7(3-5)9-11-8-6;10-4-5-2-1-3-6-7(5)9-11-8-6;6-1-3-2-7-5-4-3/h2-7,12-13,15H,8-11H2,1H3;1-8H;1-6H,7H2;2-5,7-8H,1H3;1-3,11H;1-4H;2*1-4H;1,3H,2H2. The molecule has 578 valence electrons.